The lowest BCUT2D eigenvalue weighted by Gasteiger charge is -2.03. The zero-order valence-corrected chi connectivity index (χ0v) is 11.0. The number of para-hydroxylation sites is 1. The monoisotopic (exact) mass is 246 g/mol. The molecule has 0 saturated heterocycles. The maximum Gasteiger partial charge on any atom is 0.0483 e. The number of aryl methyl sites for hydroxylation is 1. The molecule has 2 N–H and O–H groups in total. The van der Waals surface area contributed by atoms with Crippen molar-refractivity contribution in [1.29, 1.82) is 0 Å². The van der Waals surface area contributed by atoms with Gasteiger partial charge in [0, 0.05) is 36.8 Å². The fourth-order valence-corrected chi connectivity index (χ4v) is 2.30. The van der Waals surface area contributed by atoms with Crippen LogP contribution >= 0.6 is 0 Å². The van der Waals surface area contributed by atoms with E-state index in [1.165, 1.54) is 16.5 Å². The van der Waals surface area contributed by atoms with E-state index in [0.717, 1.165) is 32.5 Å². The standard InChI is InChI=1S/C15H22N2O/c1-2-16-11-13-12-17(9-5-6-10-18)15-8-4-3-7-14(13)15/h3-4,7-8,12,16,18H,2,5-6,9-11H2,1H3. The van der Waals surface area contributed by atoms with Crippen LogP contribution in [0.3, 0.4) is 0 Å². The van der Waals surface area contributed by atoms with Crippen LogP contribution in [0, 0.1) is 0 Å². The summed E-state index contributed by atoms with van der Waals surface area (Å²) in [5.74, 6) is 0. The molecule has 0 atom stereocenters. The van der Waals surface area contributed by atoms with Crippen LogP contribution in [-0.2, 0) is 13.1 Å². The van der Waals surface area contributed by atoms with Crippen molar-refractivity contribution in [3.05, 3.63) is 36.0 Å². The fourth-order valence-electron chi connectivity index (χ4n) is 2.30. The lowest BCUT2D eigenvalue weighted by Crippen LogP contribution is -2.11. The number of unbranched alkanes of at least 4 members (excludes halogenated alkanes) is 1. The van der Waals surface area contributed by atoms with Gasteiger partial charge in [-0.3, -0.25) is 0 Å². The summed E-state index contributed by atoms with van der Waals surface area (Å²) >= 11 is 0. The number of hydrogen-bond donors (Lipinski definition) is 2. The Kier molecular flexibility index (Phi) is 4.79. The molecule has 0 amide bonds. The summed E-state index contributed by atoms with van der Waals surface area (Å²) < 4.78 is 2.30. The van der Waals surface area contributed by atoms with Gasteiger partial charge < -0.3 is 15.0 Å². The van der Waals surface area contributed by atoms with Crippen molar-refractivity contribution in [3.63, 3.8) is 0 Å². The largest absolute Gasteiger partial charge is 0.396 e. The van der Waals surface area contributed by atoms with Crippen LogP contribution < -0.4 is 5.32 Å². The van der Waals surface area contributed by atoms with Crippen LogP contribution in [-0.4, -0.2) is 22.8 Å². The van der Waals surface area contributed by atoms with E-state index in [9.17, 15) is 0 Å². The normalized spacial score (nSPS) is 11.2. The molecule has 18 heavy (non-hydrogen) atoms. The quantitative estimate of drug-likeness (QED) is 0.737. The van der Waals surface area contributed by atoms with E-state index in [1.807, 2.05) is 0 Å². The highest BCUT2D eigenvalue weighted by Gasteiger charge is 2.06. The zero-order valence-electron chi connectivity index (χ0n) is 11.0. The van der Waals surface area contributed by atoms with Crippen molar-refractivity contribution < 1.29 is 5.11 Å². The van der Waals surface area contributed by atoms with Gasteiger partial charge in [0.25, 0.3) is 0 Å². The topological polar surface area (TPSA) is 37.2 Å². The predicted molar refractivity (Wildman–Crippen MR) is 75.6 cm³/mol. The number of nitrogens with zero attached hydrogens (tertiary/aromatic N) is 1. The number of aromatic nitrogens is 1. The molecule has 0 bridgehead atoms. The highest BCUT2D eigenvalue weighted by atomic mass is 16.2. The minimum atomic E-state index is 0.281. The van der Waals surface area contributed by atoms with Gasteiger partial charge in [0.15, 0.2) is 0 Å². The van der Waals surface area contributed by atoms with Crippen molar-refractivity contribution in [2.45, 2.75) is 32.9 Å². The Bertz CT molecular complexity index is 490. The van der Waals surface area contributed by atoms with Gasteiger partial charge in [-0.15, -0.1) is 0 Å². The van der Waals surface area contributed by atoms with Crippen molar-refractivity contribution in [1.82, 2.24) is 9.88 Å². The summed E-state index contributed by atoms with van der Waals surface area (Å²) in [6.45, 7) is 5.30. The molecule has 98 valence electrons. The lowest BCUT2D eigenvalue weighted by atomic mass is 10.2. The van der Waals surface area contributed by atoms with Crippen LogP contribution in [0.25, 0.3) is 10.9 Å². The third kappa shape index (κ3) is 2.92. The van der Waals surface area contributed by atoms with Crippen LogP contribution in [0.15, 0.2) is 30.5 Å². The minimum absolute atomic E-state index is 0.281. The molecule has 0 unspecified atom stereocenters. The van der Waals surface area contributed by atoms with Crippen LogP contribution in [0.5, 0.6) is 0 Å². The summed E-state index contributed by atoms with van der Waals surface area (Å²) in [5.41, 5.74) is 2.65. The molecule has 0 spiro atoms. The highest BCUT2D eigenvalue weighted by molar-refractivity contribution is 5.83. The van der Waals surface area contributed by atoms with Gasteiger partial charge >= 0.3 is 0 Å². The van der Waals surface area contributed by atoms with E-state index in [0.29, 0.717) is 0 Å². The van der Waals surface area contributed by atoms with Gasteiger partial charge in [-0.05, 0) is 31.0 Å². The molecular formula is C15H22N2O. The average Bonchev–Trinajstić information content (AvgIpc) is 2.76. The molecule has 3 heteroatoms. The third-order valence-corrected chi connectivity index (χ3v) is 3.24. The summed E-state index contributed by atoms with van der Waals surface area (Å²) in [4.78, 5) is 0. The highest BCUT2D eigenvalue weighted by Crippen LogP contribution is 2.21. The van der Waals surface area contributed by atoms with Gasteiger partial charge in [-0.1, -0.05) is 25.1 Å². The predicted octanol–water partition coefficient (Wildman–Crippen LogP) is 2.52. The van der Waals surface area contributed by atoms with Gasteiger partial charge in [-0.25, -0.2) is 0 Å². The van der Waals surface area contributed by atoms with Gasteiger partial charge in [-0.2, -0.15) is 0 Å². The van der Waals surface area contributed by atoms with Crippen molar-refractivity contribution in [2.75, 3.05) is 13.2 Å². The van der Waals surface area contributed by atoms with Gasteiger partial charge in [0.05, 0.1) is 0 Å². The number of aliphatic hydroxyl groups excluding tert-OH is 1. The molecule has 3 nitrogen and oxygen atoms in total. The Morgan fingerprint density at radius 1 is 1.22 bits per heavy atom. The minimum Gasteiger partial charge on any atom is -0.396 e. The molecule has 0 radical (unpaired) electrons. The second kappa shape index (κ2) is 6.57. The molecule has 1 aromatic heterocycles. The van der Waals surface area contributed by atoms with Crippen molar-refractivity contribution >= 4 is 10.9 Å². The molecule has 2 rings (SSSR count). The molecule has 2 aromatic rings. The van der Waals surface area contributed by atoms with Crippen molar-refractivity contribution in [3.8, 4) is 0 Å². The first kappa shape index (κ1) is 13.1. The first-order valence-corrected chi connectivity index (χ1v) is 6.75. The van der Waals surface area contributed by atoms with E-state index >= 15 is 0 Å². The Balaban J connectivity index is 2.23. The molecular weight excluding hydrogens is 224 g/mol. The molecule has 1 heterocycles. The average molecular weight is 246 g/mol. The van der Waals surface area contributed by atoms with Crippen molar-refractivity contribution in [2.24, 2.45) is 0 Å². The fraction of sp³-hybridized carbons (Fsp3) is 0.467. The number of hydrogen-bond acceptors (Lipinski definition) is 2. The van der Waals surface area contributed by atoms with E-state index in [-0.39, 0.29) is 6.61 Å². The molecule has 0 fully saturated rings. The Morgan fingerprint density at radius 3 is 2.83 bits per heavy atom. The first-order valence-electron chi connectivity index (χ1n) is 6.75. The first-order chi connectivity index (χ1) is 8.86. The second-order valence-corrected chi connectivity index (χ2v) is 4.58. The second-order valence-electron chi connectivity index (χ2n) is 4.58. The molecule has 0 saturated carbocycles. The van der Waals surface area contributed by atoms with E-state index in [4.69, 9.17) is 5.11 Å². The van der Waals surface area contributed by atoms with Gasteiger partial charge in [0.1, 0.15) is 0 Å². The number of rotatable bonds is 7. The smallest absolute Gasteiger partial charge is 0.0483 e. The number of nitrogens with one attached hydrogen (secondary N) is 1. The van der Waals surface area contributed by atoms with E-state index < -0.39 is 0 Å². The molecule has 0 aliphatic carbocycles. The van der Waals surface area contributed by atoms with Gasteiger partial charge in [0.2, 0.25) is 0 Å². The van der Waals surface area contributed by atoms with E-state index in [1.54, 1.807) is 0 Å². The number of benzene rings is 1. The summed E-state index contributed by atoms with van der Waals surface area (Å²) in [6, 6.07) is 8.53. The van der Waals surface area contributed by atoms with Crippen LogP contribution in [0.4, 0.5) is 0 Å². The number of fused-ring (bicyclic) bond motifs is 1. The molecule has 1 aromatic carbocycles. The molecule has 0 aliphatic rings. The SMILES string of the molecule is CCNCc1cn(CCCCO)c2ccccc12. The third-order valence-electron chi connectivity index (χ3n) is 3.24. The summed E-state index contributed by atoms with van der Waals surface area (Å²) in [6.07, 6.45) is 4.13. The maximum absolute atomic E-state index is 8.86. The Hall–Kier alpha value is -1.32. The van der Waals surface area contributed by atoms with Crippen LogP contribution in [0.2, 0.25) is 0 Å². The van der Waals surface area contributed by atoms with E-state index in [2.05, 4.69) is 47.3 Å². The summed E-state index contributed by atoms with van der Waals surface area (Å²) in [7, 11) is 0. The maximum atomic E-state index is 8.86. The Morgan fingerprint density at radius 2 is 2.06 bits per heavy atom. The van der Waals surface area contributed by atoms with Crippen LogP contribution in [0.1, 0.15) is 25.3 Å². The summed E-state index contributed by atoms with van der Waals surface area (Å²) in [5, 5.41) is 13.6. The lowest BCUT2D eigenvalue weighted by molar-refractivity contribution is 0.281. The number of aliphatic hydroxyl groups is 1. The zero-order chi connectivity index (χ0) is 12.8. The Labute approximate surface area is 108 Å². The molecule has 0 aliphatic heterocycles.